The van der Waals surface area contributed by atoms with Gasteiger partial charge in [0.15, 0.2) is 0 Å². The van der Waals surface area contributed by atoms with Gasteiger partial charge < -0.3 is 20.3 Å². The van der Waals surface area contributed by atoms with Crippen molar-refractivity contribution in [3.05, 3.63) is 59.9 Å². The van der Waals surface area contributed by atoms with Crippen LogP contribution < -0.4 is 15.4 Å². The predicted octanol–water partition coefficient (Wildman–Crippen LogP) is 3.50. The molecule has 1 aliphatic carbocycles. The number of hydrogen-bond acceptors (Lipinski definition) is 4. The third-order valence-electron chi connectivity index (χ3n) is 5.71. The van der Waals surface area contributed by atoms with Crippen LogP contribution in [0.5, 0.6) is 5.75 Å². The van der Waals surface area contributed by atoms with E-state index < -0.39 is 5.91 Å². The van der Waals surface area contributed by atoms with Crippen molar-refractivity contribution < 1.29 is 23.5 Å². The summed E-state index contributed by atoms with van der Waals surface area (Å²) < 4.78 is 18.3. The second-order valence-corrected chi connectivity index (χ2v) is 8.21. The maximum absolute atomic E-state index is 13.3. The molecule has 3 rings (SSSR count). The molecule has 2 aromatic carbocycles. The number of carbonyl (C=O) groups is 3. The van der Waals surface area contributed by atoms with Gasteiger partial charge in [-0.25, -0.2) is 4.39 Å². The zero-order valence-corrected chi connectivity index (χ0v) is 18.8. The average molecular weight is 456 g/mol. The molecule has 0 aromatic heterocycles. The highest BCUT2D eigenvalue weighted by atomic mass is 19.1. The fourth-order valence-electron chi connectivity index (χ4n) is 3.92. The molecule has 0 unspecified atom stereocenters. The molecule has 0 radical (unpaired) electrons. The Kier molecular flexibility index (Phi) is 8.80. The summed E-state index contributed by atoms with van der Waals surface area (Å²) in [6.45, 7) is -0.170. The zero-order chi connectivity index (χ0) is 23.6. The second kappa shape index (κ2) is 12.0. The van der Waals surface area contributed by atoms with Crippen molar-refractivity contribution in [1.82, 2.24) is 10.2 Å². The molecule has 176 valence electrons. The fourth-order valence-corrected chi connectivity index (χ4v) is 3.92. The number of anilines is 1. The summed E-state index contributed by atoms with van der Waals surface area (Å²) in [6.07, 6.45) is 4.73. The SMILES string of the molecule is COc1ccc(NC(=O)CNC(=O)CN(Cc2ccc(F)cc2)C(=O)C2CCCCC2)cc1. The Hall–Kier alpha value is -3.42. The van der Waals surface area contributed by atoms with E-state index in [2.05, 4.69) is 10.6 Å². The van der Waals surface area contributed by atoms with Crippen molar-refractivity contribution in [2.24, 2.45) is 5.92 Å². The normalized spacial score (nSPS) is 13.8. The lowest BCUT2D eigenvalue weighted by Gasteiger charge is -2.29. The molecule has 33 heavy (non-hydrogen) atoms. The topological polar surface area (TPSA) is 87.7 Å². The van der Waals surface area contributed by atoms with Crippen LogP contribution in [-0.4, -0.2) is 42.8 Å². The zero-order valence-electron chi connectivity index (χ0n) is 18.8. The number of methoxy groups -OCH3 is 1. The number of nitrogens with zero attached hydrogens (tertiary/aromatic N) is 1. The summed E-state index contributed by atoms with van der Waals surface area (Å²) >= 11 is 0. The number of rotatable bonds is 9. The Morgan fingerprint density at radius 3 is 2.27 bits per heavy atom. The number of carbonyl (C=O) groups excluding carboxylic acids is 3. The number of ether oxygens (including phenoxy) is 1. The average Bonchev–Trinajstić information content (AvgIpc) is 2.84. The summed E-state index contributed by atoms with van der Waals surface area (Å²) in [5.74, 6) is -0.666. The number of benzene rings is 2. The molecule has 8 heteroatoms. The standard InChI is InChI=1S/C25H30FN3O4/c1-33-22-13-11-21(12-14-22)28-23(30)15-27-24(31)17-29(16-18-7-9-20(26)10-8-18)25(32)19-5-3-2-4-6-19/h7-14,19H,2-6,15-17H2,1H3,(H,27,31)(H,28,30). The molecule has 0 atom stereocenters. The molecule has 1 fully saturated rings. The van der Waals surface area contributed by atoms with E-state index in [1.165, 1.54) is 17.0 Å². The minimum atomic E-state index is -0.425. The molecule has 0 saturated heterocycles. The first kappa shape index (κ1) is 24.2. The quantitative estimate of drug-likeness (QED) is 0.606. The van der Waals surface area contributed by atoms with Crippen LogP contribution >= 0.6 is 0 Å². The van der Waals surface area contributed by atoms with Gasteiger partial charge >= 0.3 is 0 Å². The summed E-state index contributed by atoms with van der Waals surface area (Å²) in [4.78, 5) is 39.4. The van der Waals surface area contributed by atoms with Crippen molar-refractivity contribution in [1.29, 1.82) is 0 Å². The number of nitrogens with one attached hydrogen (secondary N) is 2. The van der Waals surface area contributed by atoms with Gasteiger partial charge in [0.2, 0.25) is 17.7 Å². The molecule has 2 aromatic rings. The Bertz CT molecular complexity index is 941. The number of halogens is 1. The Morgan fingerprint density at radius 2 is 1.64 bits per heavy atom. The van der Waals surface area contributed by atoms with Crippen molar-refractivity contribution in [3.63, 3.8) is 0 Å². The van der Waals surface area contributed by atoms with Crippen LogP contribution in [0.15, 0.2) is 48.5 Å². The van der Waals surface area contributed by atoms with Gasteiger partial charge in [0.25, 0.3) is 0 Å². The molecular formula is C25H30FN3O4. The van der Waals surface area contributed by atoms with E-state index >= 15 is 0 Å². The minimum absolute atomic E-state index is 0.0724. The van der Waals surface area contributed by atoms with Crippen molar-refractivity contribution in [2.75, 3.05) is 25.5 Å². The van der Waals surface area contributed by atoms with E-state index in [-0.39, 0.29) is 43.2 Å². The number of amides is 3. The lowest BCUT2D eigenvalue weighted by Crippen LogP contribution is -2.44. The van der Waals surface area contributed by atoms with Crippen LogP contribution in [0.1, 0.15) is 37.7 Å². The van der Waals surface area contributed by atoms with Gasteiger partial charge in [-0.15, -0.1) is 0 Å². The van der Waals surface area contributed by atoms with E-state index in [1.807, 2.05) is 0 Å². The Balaban J connectivity index is 1.56. The van der Waals surface area contributed by atoms with Gasteiger partial charge in [-0.3, -0.25) is 14.4 Å². The van der Waals surface area contributed by atoms with E-state index in [0.29, 0.717) is 11.4 Å². The van der Waals surface area contributed by atoms with E-state index in [4.69, 9.17) is 4.74 Å². The Morgan fingerprint density at radius 1 is 0.970 bits per heavy atom. The molecule has 0 heterocycles. The van der Waals surface area contributed by atoms with Gasteiger partial charge in [-0.1, -0.05) is 31.4 Å². The Labute approximate surface area is 193 Å². The fraction of sp³-hybridized carbons (Fsp3) is 0.400. The molecule has 1 saturated carbocycles. The van der Waals surface area contributed by atoms with Crippen LogP contribution in [0.3, 0.4) is 0 Å². The third kappa shape index (κ3) is 7.59. The van der Waals surface area contributed by atoms with Crippen LogP contribution in [0.25, 0.3) is 0 Å². The summed E-state index contributed by atoms with van der Waals surface area (Å²) in [7, 11) is 1.56. The van der Waals surface area contributed by atoms with Crippen LogP contribution in [0.2, 0.25) is 0 Å². The summed E-state index contributed by atoms with van der Waals surface area (Å²) in [6, 6.07) is 12.7. The minimum Gasteiger partial charge on any atom is -0.497 e. The van der Waals surface area contributed by atoms with Gasteiger partial charge in [-0.2, -0.15) is 0 Å². The van der Waals surface area contributed by atoms with Crippen LogP contribution in [0.4, 0.5) is 10.1 Å². The highest BCUT2D eigenvalue weighted by Gasteiger charge is 2.27. The van der Waals surface area contributed by atoms with Gasteiger partial charge in [0, 0.05) is 18.2 Å². The highest BCUT2D eigenvalue weighted by molar-refractivity contribution is 5.95. The predicted molar refractivity (Wildman–Crippen MR) is 123 cm³/mol. The highest BCUT2D eigenvalue weighted by Crippen LogP contribution is 2.26. The van der Waals surface area contributed by atoms with Crippen molar-refractivity contribution in [3.8, 4) is 5.75 Å². The van der Waals surface area contributed by atoms with E-state index in [1.54, 1.807) is 43.5 Å². The molecule has 3 amide bonds. The first-order chi connectivity index (χ1) is 15.9. The molecule has 0 spiro atoms. The first-order valence-electron chi connectivity index (χ1n) is 11.2. The lowest BCUT2D eigenvalue weighted by molar-refractivity contribution is -0.141. The van der Waals surface area contributed by atoms with Gasteiger partial charge in [-0.05, 0) is 54.8 Å². The van der Waals surface area contributed by atoms with Crippen molar-refractivity contribution in [2.45, 2.75) is 38.6 Å². The molecule has 2 N–H and O–H groups in total. The van der Waals surface area contributed by atoms with E-state index in [0.717, 1.165) is 37.7 Å². The maximum atomic E-state index is 13.3. The molecular weight excluding hydrogens is 425 g/mol. The van der Waals surface area contributed by atoms with Crippen LogP contribution in [-0.2, 0) is 20.9 Å². The first-order valence-corrected chi connectivity index (χ1v) is 11.2. The monoisotopic (exact) mass is 455 g/mol. The molecule has 7 nitrogen and oxygen atoms in total. The maximum Gasteiger partial charge on any atom is 0.243 e. The lowest BCUT2D eigenvalue weighted by atomic mass is 9.88. The molecule has 1 aliphatic rings. The van der Waals surface area contributed by atoms with Crippen molar-refractivity contribution >= 4 is 23.4 Å². The third-order valence-corrected chi connectivity index (χ3v) is 5.71. The van der Waals surface area contributed by atoms with Crippen LogP contribution in [0, 0.1) is 11.7 Å². The second-order valence-electron chi connectivity index (χ2n) is 8.21. The largest absolute Gasteiger partial charge is 0.497 e. The van der Waals surface area contributed by atoms with E-state index in [9.17, 15) is 18.8 Å². The smallest absolute Gasteiger partial charge is 0.243 e. The molecule has 0 aliphatic heterocycles. The van der Waals surface area contributed by atoms with Gasteiger partial charge in [0.05, 0.1) is 20.2 Å². The molecule has 0 bridgehead atoms. The summed E-state index contributed by atoms with van der Waals surface area (Å²) in [5.41, 5.74) is 1.33. The van der Waals surface area contributed by atoms with Gasteiger partial charge in [0.1, 0.15) is 11.6 Å². The summed E-state index contributed by atoms with van der Waals surface area (Å²) in [5, 5.41) is 5.28. The number of hydrogen-bond donors (Lipinski definition) is 2.